The van der Waals surface area contributed by atoms with E-state index in [1.54, 1.807) is 16.5 Å². The molecule has 0 atom stereocenters. The lowest BCUT2D eigenvalue weighted by atomic mass is 10.1. The van der Waals surface area contributed by atoms with Crippen LogP contribution in [0.3, 0.4) is 0 Å². The minimum atomic E-state index is -0.377. The molecule has 5 nitrogen and oxygen atoms in total. The van der Waals surface area contributed by atoms with Crippen molar-refractivity contribution in [1.82, 2.24) is 9.38 Å². The predicted molar refractivity (Wildman–Crippen MR) is 104 cm³/mol. The number of nitrogens with one attached hydrogen (secondary N) is 2. The zero-order valence-corrected chi connectivity index (χ0v) is 14.6. The van der Waals surface area contributed by atoms with Gasteiger partial charge in [-0.25, -0.2) is 14.2 Å². The van der Waals surface area contributed by atoms with Crippen LogP contribution in [0.1, 0.15) is 5.56 Å². The number of aryl methyl sites for hydroxylation is 1. The second-order valence-electron chi connectivity index (χ2n) is 6.14. The van der Waals surface area contributed by atoms with E-state index in [-0.39, 0.29) is 11.8 Å². The van der Waals surface area contributed by atoms with Crippen LogP contribution >= 0.6 is 0 Å². The fraction of sp³-hybridized carbons (Fsp3) is 0.0476. The van der Waals surface area contributed by atoms with E-state index in [0.717, 1.165) is 11.3 Å². The van der Waals surface area contributed by atoms with Gasteiger partial charge >= 0.3 is 6.03 Å². The first-order valence-electron chi connectivity index (χ1n) is 8.48. The van der Waals surface area contributed by atoms with Gasteiger partial charge in [-0.15, -0.1) is 0 Å². The molecule has 0 radical (unpaired) electrons. The highest BCUT2D eigenvalue weighted by atomic mass is 19.1. The number of pyridine rings is 1. The summed E-state index contributed by atoms with van der Waals surface area (Å²) in [4.78, 5) is 17.2. The molecule has 2 amide bonds. The van der Waals surface area contributed by atoms with Crippen LogP contribution in [0, 0.1) is 12.7 Å². The topological polar surface area (TPSA) is 58.4 Å². The summed E-state index contributed by atoms with van der Waals surface area (Å²) < 4.78 is 15.1. The highest BCUT2D eigenvalue weighted by molar-refractivity contribution is 6.02. The second kappa shape index (κ2) is 6.92. The van der Waals surface area contributed by atoms with Crippen LogP contribution in [-0.4, -0.2) is 15.4 Å². The second-order valence-corrected chi connectivity index (χ2v) is 6.14. The van der Waals surface area contributed by atoms with Gasteiger partial charge in [0.25, 0.3) is 0 Å². The molecule has 0 saturated carbocycles. The highest BCUT2D eigenvalue weighted by Crippen LogP contribution is 2.29. The molecule has 2 heterocycles. The third-order valence-electron chi connectivity index (χ3n) is 4.27. The summed E-state index contributed by atoms with van der Waals surface area (Å²) in [5.41, 5.74) is 3.66. The van der Waals surface area contributed by atoms with E-state index in [9.17, 15) is 9.18 Å². The van der Waals surface area contributed by atoms with E-state index in [1.165, 1.54) is 12.1 Å². The zero-order valence-electron chi connectivity index (χ0n) is 14.6. The number of aromatic nitrogens is 2. The maximum atomic E-state index is 13.3. The molecule has 0 aliphatic rings. The average Bonchev–Trinajstić information content (AvgIpc) is 3.03. The molecule has 0 aliphatic heterocycles. The number of fused-ring (bicyclic) bond motifs is 1. The Kier molecular flexibility index (Phi) is 4.30. The molecule has 2 aromatic carbocycles. The maximum absolute atomic E-state index is 13.3. The van der Waals surface area contributed by atoms with E-state index in [1.807, 2.05) is 55.6 Å². The van der Waals surface area contributed by atoms with Gasteiger partial charge in [0.2, 0.25) is 0 Å². The number of nitrogens with zero attached hydrogens (tertiary/aromatic N) is 2. The van der Waals surface area contributed by atoms with Gasteiger partial charge in [-0.1, -0.05) is 24.3 Å². The molecule has 2 aromatic heterocycles. The smallest absolute Gasteiger partial charge is 0.307 e. The fourth-order valence-electron chi connectivity index (χ4n) is 2.90. The Morgan fingerprint density at radius 3 is 2.48 bits per heavy atom. The monoisotopic (exact) mass is 360 g/mol. The lowest BCUT2D eigenvalue weighted by Crippen LogP contribution is -2.21. The fourth-order valence-corrected chi connectivity index (χ4v) is 2.90. The molecular weight excluding hydrogens is 343 g/mol. The Morgan fingerprint density at radius 2 is 1.70 bits per heavy atom. The molecule has 0 spiro atoms. The molecule has 6 heteroatoms. The van der Waals surface area contributed by atoms with Crippen molar-refractivity contribution in [3.8, 4) is 11.3 Å². The highest BCUT2D eigenvalue weighted by Gasteiger charge is 2.16. The molecule has 134 valence electrons. The van der Waals surface area contributed by atoms with E-state index < -0.39 is 0 Å². The zero-order chi connectivity index (χ0) is 18.8. The number of urea groups is 1. The Bertz CT molecular complexity index is 1120. The number of hydrogen-bond acceptors (Lipinski definition) is 2. The first-order valence-corrected chi connectivity index (χ1v) is 8.48. The summed E-state index contributed by atoms with van der Waals surface area (Å²) in [6.07, 6.45) is 1.82. The number of carbonyl (C=O) groups is 1. The van der Waals surface area contributed by atoms with E-state index in [2.05, 4.69) is 15.6 Å². The van der Waals surface area contributed by atoms with Gasteiger partial charge in [0.05, 0.1) is 0 Å². The predicted octanol–water partition coefficient (Wildman–Crippen LogP) is 5.09. The van der Waals surface area contributed by atoms with Crippen LogP contribution in [0.25, 0.3) is 16.9 Å². The number of imidazole rings is 1. The average molecular weight is 360 g/mol. The van der Waals surface area contributed by atoms with Crippen LogP contribution in [-0.2, 0) is 0 Å². The number of carbonyl (C=O) groups excluding carboxylic acids is 1. The molecular formula is C21H17FN4O. The molecule has 0 aliphatic carbocycles. The summed E-state index contributed by atoms with van der Waals surface area (Å²) >= 11 is 0. The number of benzene rings is 2. The quantitative estimate of drug-likeness (QED) is 0.534. The molecule has 4 rings (SSSR count). The van der Waals surface area contributed by atoms with Crippen molar-refractivity contribution in [2.75, 3.05) is 10.6 Å². The van der Waals surface area contributed by atoms with Crippen LogP contribution in [0.15, 0.2) is 72.9 Å². The molecule has 0 saturated heterocycles. The minimum Gasteiger partial charge on any atom is -0.307 e. The Balaban J connectivity index is 1.71. The largest absolute Gasteiger partial charge is 0.324 e. The van der Waals surface area contributed by atoms with E-state index in [4.69, 9.17) is 0 Å². The van der Waals surface area contributed by atoms with Crippen molar-refractivity contribution in [2.45, 2.75) is 6.92 Å². The van der Waals surface area contributed by atoms with Crippen molar-refractivity contribution in [2.24, 2.45) is 0 Å². The number of anilines is 2. The summed E-state index contributed by atoms with van der Waals surface area (Å²) in [7, 11) is 0. The first kappa shape index (κ1) is 16.8. The van der Waals surface area contributed by atoms with Gasteiger partial charge in [0.1, 0.15) is 23.0 Å². The van der Waals surface area contributed by atoms with Gasteiger partial charge in [0.15, 0.2) is 0 Å². The van der Waals surface area contributed by atoms with Crippen molar-refractivity contribution in [3.05, 3.63) is 84.3 Å². The third kappa shape index (κ3) is 3.37. The van der Waals surface area contributed by atoms with Crippen LogP contribution < -0.4 is 10.6 Å². The third-order valence-corrected chi connectivity index (χ3v) is 4.27. The number of amides is 2. The number of hydrogen-bond donors (Lipinski definition) is 2. The number of rotatable bonds is 3. The maximum Gasteiger partial charge on any atom is 0.324 e. The minimum absolute atomic E-state index is 0.325. The van der Waals surface area contributed by atoms with Gasteiger partial charge in [-0.05, 0) is 55.0 Å². The Morgan fingerprint density at radius 1 is 0.963 bits per heavy atom. The molecule has 27 heavy (non-hydrogen) atoms. The molecule has 4 aromatic rings. The summed E-state index contributed by atoms with van der Waals surface area (Å²) in [6, 6.07) is 18.8. The molecule has 0 bridgehead atoms. The van der Waals surface area contributed by atoms with Crippen LogP contribution in [0.4, 0.5) is 20.7 Å². The lowest BCUT2D eigenvalue weighted by Gasteiger charge is -2.11. The van der Waals surface area contributed by atoms with Crippen LogP contribution in [0.2, 0.25) is 0 Å². The van der Waals surface area contributed by atoms with Gasteiger partial charge < -0.3 is 5.32 Å². The SMILES string of the molecule is Cc1ccccc1NC(=O)Nc1c(-c2ccc(F)cc2)nc2ccccn12. The van der Waals surface area contributed by atoms with Crippen molar-refractivity contribution in [1.29, 1.82) is 0 Å². The molecule has 2 N–H and O–H groups in total. The number of para-hydroxylation sites is 1. The lowest BCUT2D eigenvalue weighted by molar-refractivity contribution is 0.262. The van der Waals surface area contributed by atoms with Crippen molar-refractivity contribution in [3.63, 3.8) is 0 Å². The summed E-state index contributed by atoms with van der Waals surface area (Å²) in [6.45, 7) is 1.92. The first-order chi connectivity index (χ1) is 13.1. The van der Waals surface area contributed by atoms with Crippen molar-refractivity contribution >= 4 is 23.2 Å². The van der Waals surface area contributed by atoms with Crippen LogP contribution in [0.5, 0.6) is 0 Å². The normalized spacial score (nSPS) is 10.7. The van der Waals surface area contributed by atoms with Gasteiger partial charge in [-0.2, -0.15) is 0 Å². The molecule has 0 unspecified atom stereocenters. The van der Waals surface area contributed by atoms with E-state index >= 15 is 0 Å². The standard InChI is InChI=1S/C21H17FN4O/c1-14-6-2-3-7-17(14)23-21(27)25-20-19(15-9-11-16(22)12-10-15)24-18-8-4-5-13-26(18)20/h2-13H,1H3,(H2,23,25,27). The Hall–Kier alpha value is -3.67. The number of halogens is 1. The summed E-state index contributed by atoms with van der Waals surface area (Å²) in [5, 5.41) is 5.73. The summed E-state index contributed by atoms with van der Waals surface area (Å²) in [5.74, 6) is 0.192. The Labute approximate surface area is 155 Å². The molecule has 0 fully saturated rings. The van der Waals surface area contributed by atoms with Crippen molar-refractivity contribution < 1.29 is 9.18 Å². The van der Waals surface area contributed by atoms with Gasteiger partial charge in [0, 0.05) is 17.4 Å². The van der Waals surface area contributed by atoms with E-state index in [0.29, 0.717) is 22.7 Å². The van der Waals surface area contributed by atoms with Gasteiger partial charge in [-0.3, -0.25) is 9.72 Å².